The number of nitrogens with one attached hydrogen (secondary N) is 2. The summed E-state index contributed by atoms with van der Waals surface area (Å²) in [5.74, 6) is -0.915. The van der Waals surface area contributed by atoms with Crippen LogP contribution in [-0.4, -0.2) is 27.7 Å². The summed E-state index contributed by atoms with van der Waals surface area (Å²) in [6.45, 7) is 0. The summed E-state index contributed by atoms with van der Waals surface area (Å²) in [4.78, 5) is 33.1. The van der Waals surface area contributed by atoms with Gasteiger partial charge in [0.05, 0.1) is 17.2 Å². The fourth-order valence-electron chi connectivity index (χ4n) is 4.45. The molecule has 0 bridgehead atoms. The van der Waals surface area contributed by atoms with Crippen LogP contribution in [0.25, 0.3) is 10.9 Å². The van der Waals surface area contributed by atoms with Gasteiger partial charge in [0.2, 0.25) is 5.91 Å². The van der Waals surface area contributed by atoms with Crippen LogP contribution in [0.2, 0.25) is 0 Å². The van der Waals surface area contributed by atoms with Crippen LogP contribution in [0.15, 0.2) is 73.2 Å². The molecule has 1 atom stereocenters. The van der Waals surface area contributed by atoms with Gasteiger partial charge in [0.25, 0.3) is 0 Å². The van der Waals surface area contributed by atoms with E-state index in [1.54, 1.807) is 30.7 Å². The molecular formula is C29H25F6N3O2. The SMILES string of the molecule is O=C(CCc1ccncc1)NC(Cc1c[nH]c2ccccc12)C(=O)CCc1cc(C(F)(F)F)cc(C(F)(F)F)c1. The minimum absolute atomic E-state index is 0.0498. The molecule has 4 rings (SSSR count). The minimum Gasteiger partial charge on any atom is -0.361 e. The lowest BCUT2D eigenvalue weighted by molar-refractivity contribution is -0.143. The topological polar surface area (TPSA) is 74.8 Å². The molecule has 0 aliphatic rings. The number of amides is 1. The Labute approximate surface area is 225 Å². The Bertz CT molecular complexity index is 1450. The Morgan fingerprint density at radius 1 is 0.825 bits per heavy atom. The summed E-state index contributed by atoms with van der Waals surface area (Å²) in [5, 5.41) is 3.55. The van der Waals surface area contributed by atoms with Gasteiger partial charge >= 0.3 is 12.4 Å². The van der Waals surface area contributed by atoms with Crippen molar-refractivity contribution in [2.45, 2.75) is 50.5 Å². The predicted molar refractivity (Wildman–Crippen MR) is 136 cm³/mol. The van der Waals surface area contributed by atoms with E-state index in [0.717, 1.165) is 22.0 Å². The number of hydrogen-bond acceptors (Lipinski definition) is 3. The highest BCUT2D eigenvalue weighted by Gasteiger charge is 2.37. The van der Waals surface area contributed by atoms with Crippen molar-refractivity contribution in [3.8, 4) is 0 Å². The van der Waals surface area contributed by atoms with Gasteiger partial charge in [-0.15, -0.1) is 0 Å². The molecule has 0 fully saturated rings. The average molecular weight is 562 g/mol. The standard InChI is InChI=1S/C29H25F6N3O2/c30-28(31,32)21-13-19(14-22(16-21)29(33,34)35)5-7-26(39)25(15-20-17-37-24-4-2-1-3-23(20)24)38-27(40)8-6-18-9-11-36-12-10-18/h1-4,9-14,16-17,25,37H,5-8,15H2,(H,38,40). The molecule has 2 N–H and O–H groups in total. The lowest BCUT2D eigenvalue weighted by Crippen LogP contribution is -2.42. The summed E-state index contributed by atoms with van der Waals surface area (Å²) >= 11 is 0. The normalized spacial score (nSPS) is 12.8. The van der Waals surface area contributed by atoms with E-state index in [1.165, 1.54) is 0 Å². The molecule has 0 aliphatic heterocycles. The van der Waals surface area contributed by atoms with E-state index >= 15 is 0 Å². The van der Waals surface area contributed by atoms with E-state index in [1.807, 2.05) is 24.3 Å². The van der Waals surface area contributed by atoms with Gasteiger partial charge in [-0.3, -0.25) is 14.6 Å². The Hall–Kier alpha value is -4.15. The molecule has 210 valence electrons. The first kappa shape index (κ1) is 28.8. The van der Waals surface area contributed by atoms with Crippen LogP contribution >= 0.6 is 0 Å². The van der Waals surface area contributed by atoms with Gasteiger partial charge in [-0.1, -0.05) is 18.2 Å². The number of carbonyl (C=O) groups is 2. The second-order valence-corrected chi connectivity index (χ2v) is 9.42. The monoisotopic (exact) mass is 561 g/mol. The van der Waals surface area contributed by atoms with Crippen LogP contribution in [0.1, 0.15) is 40.7 Å². The lowest BCUT2D eigenvalue weighted by Gasteiger charge is -2.19. The van der Waals surface area contributed by atoms with Crippen LogP contribution in [0.5, 0.6) is 0 Å². The second kappa shape index (κ2) is 11.9. The first-order valence-electron chi connectivity index (χ1n) is 12.4. The molecule has 2 heterocycles. The number of fused-ring (bicyclic) bond motifs is 1. The number of rotatable bonds is 10. The molecule has 0 radical (unpaired) electrons. The number of carbonyl (C=O) groups excluding carboxylic acids is 2. The zero-order valence-electron chi connectivity index (χ0n) is 21.1. The van der Waals surface area contributed by atoms with E-state index in [-0.39, 0.29) is 37.3 Å². The van der Waals surface area contributed by atoms with Crippen molar-refractivity contribution >= 4 is 22.6 Å². The molecular weight excluding hydrogens is 536 g/mol. The van der Waals surface area contributed by atoms with Gasteiger partial charge in [0.1, 0.15) is 0 Å². The number of para-hydroxylation sites is 1. The van der Waals surface area contributed by atoms with Crippen molar-refractivity contribution in [1.82, 2.24) is 15.3 Å². The molecule has 0 spiro atoms. The number of aryl methyl sites for hydroxylation is 2. The lowest BCUT2D eigenvalue weighted by atomic mass is 9.95. The molecule has 2 aromatic carbocycles. The number of pyridine rings is 1. The number of aromatic amines is 1. The fourth-order valence-corrected chi connectivity index (χ4v) is 4.45. The number of Topliss-reactive ketones (excluding diaryl/α,β-unsaturated/α-hetero) is 1. The zero-order valence-corrected chi connectivity index (χ0v) is 21.1. The van der Waals surface area contributed by atoms with Gasteiger partial charge < -0.3 is 10.3 Å². The number of hydrogen-bond donors (Lipinski definition) is 2. The summed E-state index contributed by atoms with van der Waals surface area (Å²) in [6, 6.07) is 11.1. The predicted octanol–water partition coefficient (Wildman–Crippen LogP) is 6.46. The first-order chi connectivity index (χ1) is 18.9. The van der Waals surface area contributed by atoms with Crippen LogP contribution in [0, 0.1) is 0 Å². The van der Waals surface area contributed by atoms with E-state index in [4.69, 9.17) is 0 Å². The number of benzene rings is 2. The Morgan fingerprint density at radius 3 is 2.10 bits per heavy atom. The van der Waals surface area contributed by atoms with E-state index in [2.05, 4.69) is 15.3 Å². The van der Waals surface area contributed by atoms with Crippen LogP contribution in [-0.2, 0) is 41.2 Å². The van der Waals surface area contributed by atoms with Gasteiger partial charge in [-0.25, -0.2) is 0 Å². The highest BCUT2D eigenvalue weighted by atomic mass is 19.4. The molecule has 0 saturated heterocycles. The summed E-state index contributed by atoms with van der Waals surface area (Å²) in [7, 11) is 0. The number of aromatic nitrogens is 2. The van der Waals surface area contributed by atoms with Crippen molar-refractivity contribution in [2.75, 3.05) is 0 Å². The number of ketones is 1. The number of H-pyrrole nitrogens is 1. The number of halogens is 6. The average Bonchev–Trinajstić information content (AvgIpc) is 3.32. The van der Waals surface area contributed by atoms with Gasteiger partial charge in [0.15, 0.2) is 5.78 Å². The third kappa shape index (κ3) is 7.49. The molecule has 1 unspecified atom stereocenters. The Kier molecular flexibility index (Phi) is 8.61. The van der Waals surface area contributed by atoms with E-state index in [0.29, 0.717) is 18.6 Å². The quantitative estimate of drug-likeness (QED) is 0.218. The maximum atomic E-state index is 13.3. The van der Waals surface area contributed by atoms with Crippen LogP contribution in [0.3, 0.4) is 0 Å². The molecule has 11 heteroatoms. The van der Waals surface area contributed by atoms with Crippen molar-refractivity contribution < 1.29 is 35.9 Å². The molecule has 5 nitrogen and oxygen atoms in total. The third-order valence-electron chi connectivity index (χ3n) is 6.52. The van der Waals surface area contributed by atoms with Gasteiger partial charge in [0, 0.05) is 48.8 Å². The molecule has 2 aromatic heterocycles. The third-order valence-corrected chi connectivity index (χ3v) is 6.52. The highest BCUT2D eigenvalue weighted by molar-refractivity contribution is 5.91. The second-order valence-electron chi connectivity index (χ2n) is 9.42. The number of nitrogens with zero attached hydrogens (tertiary/aromatic N) is 1. The van der Waals surface area contributed by atoms with Crippen LogP contribution in [0.4, 0.5) is 26.3 Å². The zero-order chi connectivity index (χ0) is 28.9. The summed E-state index contributed by atoms with van der Waals surface area (Å²) in [6.07, 6.45) is -5.24. The van der Waals surface area contributed by atoms with E-state index < -0.39 is 41.2 Å². The Morgan fingerprint density at radius 2 is 1.45 bits per heavy atom. The molecule has 0 saturated carbocycles. The fraction of sp³-hybridized carbons (Fsp3) is 0.276. The van der Waals surface area contributed by atoms with Crippen molar-refractivity contribution in [1.29, 1.82) is 0 Å². The maximum Gasteiger partial charge on any atom is 0.416 e. The van der Waals surface area contributed by atoms with Gasteiger partial charge in [-0.2, -0.15) is 26.3 Å². The smallest absolute Gasteiger partial charge is 0.361 e. The van der Waals surface area contributed by atoms with Gasteiger partial charge in [-0.05, 0) is 65.9 Å². The molecule has 40 heavy (non-hydrogen) atoms. The van der Waals surface area contributed by atoms with E-state index in [9.17, 15) is 35.9 Å². The number of alkyl halides is 6. The highest BCUT2D eigenvalue weighted by Crippen LogP contribution is 2.36. The maximum absolute atomic E-state index is 13.3. The summed E-state index contributed by atoms with van der Waals surface area (Å²) in [5.41, 5.74) is -0.729. The molecule has 1 amide bonds. The molecule has 4 aromatic rings. The van der Waals surface area contributed by atoms with Crippen molar-refractivity contribution in [3.05, 3.63) is 101 Å². The first-order valence-corrected chi connectivity index (χ1v) is 12.4. The van der Waals surface area contributed by atoms with Crippen molar-refractivity contribution in [2.24, 2.45) is 0 Å². The minimum atomic E-state index is -4.99. The Balaban J connectivity index is 1.52. The largest absolute Gasteiger partial charge is 0.416 e. The molecule has 0 aliphatic carbocycles. The summed E-state index contributed by atoms with van der Waals surface area (Å²) < 4.78 is 79.5. The van der Waals surface area contributed by atoms with Crippen LogP contribution < -0.4 is 5.32 Å². The van der Waals surface area contributed by atoms with Crippen molar-refractivity contribution in [3.63, 3.8) is 0 Å².